The number of nitrogens with zero attached hydrogens (tertiary/aromatic N) is 2. The Bertz CT molecular complexity index is 587. The fourth-order valence-electron chi connectivity index (χ4n) is 1.77. The number of ether oxygens (including phenoxy) is 1. The second kappa shape index (κ2) is 7.40. The Labute approximate surface area is 133 Å². The van der Waals surface area contributed by atoms with Crippen LogP contribution in [0.1, 0.15) is 39.5 Å². The number of carbonyl (C=O) groups is 1. The summed E-state index contributed by atoms with van der Waals surface area (Å²) in [4.78, 5) is 16.8. The normalized spacial score (nSPS) is 11.4. The van der Waals surface area contributed by atoms with E-state index in [0.29, 0.717) is 24.7 Å². The Morgan fingerprint density at radius 1 is 1.41 bits per heavy atom. The van der Waals surface area contributed by atoms with Crippen LogP contribution in [0.15, 0.2) is 22.0 Å². The third-order valence-corrected chi connectivity index (χ3v) is 3.56. The molecule has 6 nitrogen and oxygen atoms in total. The molecule has 1 amide bonds. The second-order valence-electron chi connectivity index (χ2n) is 5.87. The first-order chi connectivity index (χ1) is 10.4. The molecule has 0 fully saturated rings. The minimum atomic E-state index is -0.466. The van der Waals surface area contributed by atoms with Crippen LogP contribution in [-0.2, 0) is 11.2 Å². The van der Waals surface area contributed by atoms with Crippen molar-refractivity contribution in [3.8, 4) is 10.7 Å². The van der Waals surface area contributed by atoms with Crippen LogP contribution in [0.25, 0.3) is 10.7 Å². The first kappa shape index (κ1) is 16.5. The minimum Gasteiger partial charge on any atom is -0.444 e. The molecule has 2 heterocycles. The Balaban J connectivity index is 1.64. The smallest absolute Gasteiger partial charge is 0.407 e. The largest absolute Gasteiger partial charge is 0.444 e. The number of rotatable bonds is 6. The number of amides is 1. The van der Waals surface area contributed by atoms with Crippen LogP contribution in [-0.4, -0.2) is 28.4 Å². The standard InChI is InChI=1S/C15H21N3O3S/c1-15(2,3)20-14(19)16-9-5-4-8-12-17-13(18-21-12)11-7-6-10-22-11/h6-7,10H,4-5,8-9H2,1-3H3,(H,16,19). The minimum absolute atomic E-state index is 0.384. The van der Waals surface area contributed by atoms with Gasteiger partial charge in [-0.25, -0.2) is 4.79 Å². The molecule has 0 aliphatic carbocycles. The van der Waals surface area contributed by atoms with E-state index < -0.39 is 5.60 Å². The summed E-state index contributed by atoms with van der Waals surface area (Å²) in [5.74, 6) is 1.26. The quantitative estimate of drug-likeness (QED) is 0.821. The third kappa shape index (κ3) is 5.48. The van der Waals surface area contributed by atoms with E-state index in [0.717, 1.165) is 17.7 Å². The lowest BCUT2D eigenvalue weighted by atomic mass is 10.2. The van der Waals surface area contributed by atoms with E-state index in [4.69, 9.17) is 9.26 Å². The van der Waals surface area contributed by atoms with Crippen LogP contribution in [0.4, 0.5) is 4.79 Å². The van der Waals surface area contributed by atoms with Crippen LogP contribution < -0.4 is 5.32 Å². The summed E-state index contributed by atoms with van der Waals surface area (Å²) in [6.07, 6.45) is 2.01. The third-order valence-electron chi connectivity index (χ3n) is 2.70. The van der Waals surface area contributed by atoms with Gasteiger partial charge < -0.3 is 14.6 Å². The number of aryl methyl sites for hydroxylation is 1. The van der Waals surface area contributed by atoms with Crippen molar-refractivity contribution in [3.05, 3.63) is 23.4 Å². The number of hydrogen-bond acceptors (Lipinski definition) is 6. The Kier molecular flexibility index (Phi) is 5.54. The summed E-state index contributed by atoms with van der Waals surface area (Å²) < 4.78 is 10.4. The zero-order valence-corrected chi connectivity index (χ0v) is 13.9. The van der Waals surface area contributed by atoms with E-state index in [1.165, 1.54) is 0 Å². The predicted molar refractivity (Wildman–Crippen MR) is 84.8 cm³/mol. The maximum Gasteiger partial charge on any atom is 0.407 e. The molecule has 0 aromatic carbocycles. The van der Waals surface area contributed by atoms with Gasteiger partial charge in [-0.2, -0.15) is 4.98 Å². The van der Waals surface area contributed by atoms with Gasteiger partial charge in [0.1, 0.15) is 5.60 Å². The van der Waals surface area contributed by atoms with Gasteiger partial charge in [-0.1, -0.05) is 11.2 Å². The topological polar surface area (TPSA) is 77.2 Å². The van der Waals surface area contributed by atoms with E-state index >= 15 is 0 Å². The molecule has 0 saturated carbocycles. The lowest BCUT2D eigenvalue weighted by Gasteiger charge is -2.19. The van der Waals surface area contributed by atoms with Crippen molar-refractivity contribution in [2.75, 3.05) is 6.54 Å². The number of aromatic nitrogens is 2. The number of nitrogens with one attached hydrogen (secondary N) is 1. The zero-order chi connectivity index (χ0) is 16.0. The monoisotopic (exact) mass is 323 g/mol. The number of carbonyl (C=O) groups excluding carboxylic acids is 1. The van der Waals surface area contributed by atoms with Gasteiger partial charge in [0.25, 0.3) is 0 Å². The van der Waals surface area contributed by atoms with E-state index in [1.54, 1.807) is 11.3 Å². The number of unbranched alkanes of at least 4 members (excludes halogenated alkanes) is 1. The molecular formula is C15H21N3O3S. The van der Waals surface area contributed by atoms with Gasteiger partial charge in [0.15, 0.2) is 0 Å². The number of hydrogen-bond donors (Lipinski definition) is 1. The summed E-state index contributed by atoms with van der Waals surface area (Å²) in [6.45, 7) is 6.09. The van der Waals surface area contributed by atoms with Crippen molar-refractivity contribution in [2.24, 2.45) is 0 Å². The molecule has 0 atom stereocenters. The SMILES string of the molecule is CC(C)(C)OC(=O)NCCCCc1nc(-c2cccs2)no1. The van der Waals surface area contributed by atoms with E-state index in [9.17, 15) is 4.79 Å². The van der Waals surface area contributed by atoms with Crippen molar-refractivity contribution < 1.29 is 14.1 Å². The molecular weight excluding hydrogens is 302 g/mol. The summed E-state index contributed by atoms with van der Waals surface area (Å²) in [6, 6.07) is 3.92. The molecule has 1 N–H and O–H groups in total. The fraction of sp³-hybridized carbons (Fsp3) is 0.533. The lowest BCUT2D eigenvalue weighted by Crippen LogP contribution is -2.33. The average molecular weight is 323 g/mol. The van der Waals surface area contributed by atoms with Gasteiger partial charge in [-0.3, -0.25) is 0 Å². The maximum absolute atomic E-state index is 11.5. The number of alkyl carbamates (subject to hydrolysis) is 1. The van der Waals surface area contributed by atoms with Gasteiger partial charge in [-0.15, -0.1) is 11.3 Å². The summed E-state index contributed by atoms with van der Waals surface area (Å²) in [5.41, 5.74) is -0.466. The molecule has 0 aliphatic heterocycles. The molecule has 120 valence electrons. The maximum atomic E-state index is 11.5. The highest BCUT2D eigenvalue weighted by Crippen LogP contribution is 2.21. The van der Waals surface area contributed by atoms with Gasteiger partial charge in [0.2, 0.25) is 11.7 Å². The molecule has 0 spiro atoms. The molecule has 2 aromatic heterocycles. The predicted octanol–water partition coefficient (Wildman–Crippen LogP) is 3.65. The Morgan fingerprint density at radius 3 is 2.91 bits per heavy atom. The van der Waals surface area contributed by atoms with Crippen molar-refractivity contribution in [1.82, 2.24) is 15.5 Å². The lowest BCUT2D eigenvalue weighted by molar-refractivity contribution is 0.0527. The second-order valence-corrected chi connectivity index (χ2v) is 6.82. The summed E-state index contributed by atoms with van der Waals surface area (Å²) in [5, 5.41) is 8.67. The summed E-state index contributed by atoms with van der Waals surface area (Å²) in [7, 11) is 0. The molecule has 0 aliphatic rings. The van der Waals surface area contributed by atoms with Crippen molar-refractivity contribution in [1.29, 1.82) is 0 Å². The zero-order valence-electron chi connectivity index (χ0n) is 13.1. The average Bonchev–Trinajstić information content (AvgIpc) is 3.06. The van der Waals surface area contributed by atoms with Gasteiger partial charge in [0, 0.05) is 13.0 Å². The fourth-order valence-corrected chi connectivity index (χ4v) is 2.42. The first-order valence-electron chi connectivity index (χ1n) is 7.27. The van der Waals surface area contributed by atoms with E-state index in [2.05, 4.69) is 15.5 Å². The molecule has 0 saturated heterocycles. The van der Waals surface area contributed by atoms with Gasteiger partial charge in [-0.05, 0) is 45.1 Å². The van der Waals surface area contributed by atoms with E-state index in [1.807, 2.05) is 38.3 Å². The molecule has 0 radical (unpaired) electrons. The molecule has 0 unspecified atom stereocenters. The Hall–Kier alpha value is -1.89. The highest BCUT2D eigenvalue weighted by Gasteiger charge is 2.15. The molecule has 0 bridgehead atoms. The molecule has 2 rings (SSSR count). The highest BCUT2D eigenvalue weighted by molar-refractivity contribution is 7.13. The van der Waals surface area contributed by atoms with E-state index in [-0.39, 0.29) is 6.09 Å². The number of thiophene rings is 1. The van der Waals surface area contributed by atoms with Crippen LogP contribution >= 0.6 is 11.3 Å². The van der Waals surface area contributed by atoms with Gasteiger partial charge >= 0.3 is 6.09 Å². The van der Waals surface area contributed by atoms with Crippen LogP contribution in [0.5, 0.6) is 0 Å². The summed E-state index contributed by atoms with van der Waals surface area (Å²) >= 11 is 1.58. The molecule has 7 heteroatoms. The van der Waals surface area contributed by atoms with Crippen molar-refractivity contribution in [2.45, 2.75) is 45.6 Å². The highest BCUT2D eigenvalue weighted by atomic mass is 32.1. The van der Waals surface area contributed by atoms with Gasteiger partial charge in [0.05, 0.1) is 4.88 Å². The first-order valence-corrected chi connectivity index (χ1v) is 8.15. The Morgan fingerprint density at radius 2 is 2.23 bits per heavy atom. The van der Waals surface area contributed by atoms with Crippen LogP contribution in [0, 0.1) is 0 Å². The molecule has 22 heavy (non-hydrogen) atoms. The van der Waals surface area contributed by atoms with Crippen molar-refractivity contribution in [3.63, 3.8) is 0 Å². The van der Waals surface area contributed by atoms with Crippen LogP contribution in [0.3, 0.4) is 0 Å². The van der Waals surface area contributed by atoms with Crippen LogP contribution in [0.2, 0.25) is 0 Å². The van der Waals surface area contributed by atoms with Crippen molar-refractivity contribution >= 4 is 17.4 Å². The molecule has 2 aromatic rings.